The fraction of sp³-hybridized carbons (Fsp3) is 1.00. The van der Waals surface area contributed by atoms with E-state index in [0.29, 0.717) is 12.1 Å². The van der Waals surface area contributed by atoms with Crippen LogP contribution in [0.1, 0.15) is 32.6 Å². The largest absolute Gasteiger partial charge is 0.328 e. The van der Waals surface area contributed by atoms with E-state index in [4.69, 9.17) is 11.5 Å². The van der Waals surface area contributed by atoms with Gasteiger partial charge in [0.25, 0.3) is 0 Å². The van der Waals surface area contributed by atoms with Gasteiger partial charge in [0.1, 0.15) is 0 Å². The van der Waals surface area contributed by atoms with Crippen LogP contribution in [-0.4, -0.2) is 12.1 Å². The van der Waals surface area contributed by atoms with Crippen LogP contribution in [0.2, 0.25) is 0 Å². The maximum absolute atomic E-state index is 5.90. The summed E-state index contributed by atoms with van der Waals surface area (Å²) in [4.78, 5) is 0. The number of nitrogens with two attached hydrogens (primary N) is 2. The molecule has 2 heteroatoms. The molecule has 1 unspecified atom stereocenters. The predicted molar refractivity (Wildman–Crippen MR) is 43.6 cm³/mol. The van der Waals surface area contributed by atoms with Gasteiger partial charge in [0.05, 0.1) is 0 Å². The summed E-state index contributed by atoms with van der Waals surface area (Å²) in [6.45, 7) is 2.18. The molecule has 1 aliphatic carbocycles. The summed E-state index contributed by atoms with van der Waals surface area (Å²) in [6.07, 6.45) is 4.67. The van der Waals surface area contributed by atoms with E-state index in [0.717, 1.165) is 25.2 Å². The third-order valence-corrected chi connectivity index (χ3v) is 2.44. The second kappa shape index (κ2) is 3.35. The van der Waals surface area contributed by atoms with Crippen LogP contribution in [0.15, 0.2) is 0 Å². The molecule has 0 saturated heterocycles. The van der Waals surface area contributed by atoms with E-state index < -0.39 is 0 Å². The average Bonchev–Trinajstić information content (AvgIpc) is 1.82. The van der Waals surface area contributed by atoms with Gasteiger partial charge < -0.3 is 11.5 Å². The fourth-order valence-electron chi connectivity index (χ4n) is 1.63. The van der Waals surface area contributed by atoms with Crippen LogP contribution in [0.4, 0.5) is 0 Å². The zero-order valence-corrected chi connectivity index (χ0v) is 6.72. The van der Waals surface area contributed by atoms with Gasteiger partial charge in [-0.05, 0) is 25.2 Å². The highest BCUT2D eigenvalue weighted by Crippen LogP contribution is 2.29. The molecule has 1 atom stereocenters. The maximum Gasteiger partial charge on any atom is 0.00682 e. The first-order valence-corrected chi connectivity index (χ1v) is 4.25. The van der Waals surface area contributed by atoms with Gasteiger partial charge in [-0.2, -0.15) is 0 Å². The normalized spacial score (nSPS) is 35.1. The molecule has 0 aromatic carbocycles. The van der Waals surface area contributed by atoms with Gasteiger partial charge in [-0.25, -0.2) is 0 Å². The van der Waals surface area contributed by atoms with Crippen molar-refractivity contribution in [2.24, 2.45) is 17.4 Å². The predicted octanol–water partition coefficient (Wildman–Crippen LogP) is 0.851. The molecule has 1 saturated carbocycles. The SMILES string of the molecule is CCCC(N)C1CC(N)C1. The van der Waals surface area contributed by atoms with Gasteiger partial charge in [0.2, 0.25) is 0 Å². The van der Waals surface area contributed by atoms with Crippen molar-refractivity contribution in [3.63, 3.8) is 0 Å². The van der Waals surface area contributed by atoms with E-state index in [2.05, 4.69) is 6.92 Å². The number of hydrogen-bond acceptors (Lipinski definition) is 2. The van der Waals surface area contributed by atoms with Gasteiger partial charge in [-0.15, -0.1) is 0 Å². The minimum Gasteiger partial charge on any atom is -0.328 e. The molecule has 0 aliphatic heterocycles. The zero-order chi connectivity index (χ0) is 7.56. The number of rotatable bonds is 3. The molecule has 0 bridgehead atoms. The topological polar surface area (TPSA) is 52.0 Å². The summed E-state index contributed by atoms with van der Waals surface area (Å²) in [5, 5.41) is 0. The lowest BCUT2D eigenvalue weighted by Crippen LogP contribution is -2.45. The summed E-state index contributed by atoms with van der Waals surface area (Å²) in [6, 6.07) is 0.873. The molecule has 1 fully saturated rings. The van der Waals surface area contributed by atoms with Crippen LogP contribution >= 0.6 is 0 Å². The third-order valence-electron chi connectivity index (χ3n) is 2.44. The Bertz CT molecular complexity index is 94.7. The standard InChI is InChI=1S/C8H18N2/c1-2-3-8(10)6-4-7(9)5-6/h6-8H,2-5,9-10H2,1H3. The first-order valence-electron chi connectivity index (χ1n) is 4.25. The highest BCUT2D eigenvalue weighted by molar-refractivity contribution is 4.88. The molecule has 0 spiro atoms. The second-order valence-corrected chi connectivity index (χ2v) is 3.44. The Kier molecular flexibility index (Phi) is 2.69. The van der Waals surface area contributed by atoms with Gasteiger partial charge >= 0.3 is 0 Å². The minimum absolute atomic E-state index is 0.421. The van der Waals surface area contributed by atoms with Gasteiger partial charge in [0, 0.05) is 12.1 Å². The third kappa shape index (κ3) is 1.70. The maximum atomic E-state index is 5.90. The Morgan fingerprint density at radius 3 is 2.50 bits per heavy atom. The van der Waals surface area contributed by atoms with E-state index in [-0.39, 0.29) is 0 Å². The summed E-state index contributed by atoms with van der Waals surface area (Å²) >= 11 is 0. The van der Waals surface area contributed by atoms with Crippen LogP contribution in [-0.2, 0) is 0 Å². The van der Waals surface area contributed by atoms with Crippen molar-refractivity contribution in [1.82, 2.24) is 0 Å². The van der Waals surface area contributed by atoms with E-state index in [1.54, 1.807) is 0 Å². The van der Waals surface area contributed by atoms with Crippen molar-refractivity contribution >= 4 is 0 Å². The molecule has 0 amide bonds. The van der Waals surface area contributed by atoms with Crippen LogP contribution in [0, 0.1) is 5.92 Å². The molecule has 0 aromatic heterocycles. The molecule has 1 rings (SSSR count). The Labute approximate surface area is 63.0 Å². The Morgan fingerprint density at radius 1 is 1.50 bits per heavy atom. The van der Waals surface area contributed by atoms with Crippen molar-refractivity contribution in [1.29, 1.82) is 0 Å². The summed E-state index contributed by atoms with van der Waals surface area (Å²) in [5.41, 5.74) is 11.5. The molecule has 0 aromatic rings. The molecule has 60 valence electrons. The van der Waals surface area contributed by atoms with E-state index in [1.807, 2.05) is 0 Å². The van der Waals surface area contributed by atoms with Crippen LogP contribution in [0.3, 0.4) is 0 Å². The highest BCUT2D eigenvalue weighted by atomic mass is 14.7. The van der Waals surface area contributed by atoms with Crippen LogP contribution in [0.5, 0.6) is 0 Å². The monoisotopic (exact) mass is 142 g/mol. The van der Waals surface area contributed by atoms with Crippen molar-refractivity contribution in [2.75, 3.05) is 0 Å². The fourth-order valence-corrected chi connectivity index (χ4v) is 1.63. The van der Waals surface area contributed by atoms with Gasteiger partial charge in [-0.3, -0.25) is 0 Å². The average molecular weight is 142 g/mol. The van der Waals surface area contributed by atoms with E-state index in [1.165, 1.54) is 6.42 Å². The first kappa shape index (κ1) is 8.02. The number of hydrogen-bond donors (Lipinski definition) is 2. The molecule has 10 heavy (non-hydrogen) atoms. The molecule has 4 N–H and O–H groups in total. The zero-order valence-electron chi connectivity index (χ0n) is 6.72. The van der Waals surface area contributed by atoms with E-state index in [9.17, 15) is 0 Å². The lowest BCUT2D eigenvalue weighted by molar-refractivity contribution is 0.215. The molecular weight excluding hydrogens is 124 g/mol. The summed E-state index contributed by atoms with van der Waals surface area (Å²) in [7, 11) is 0. The van der Waals surface area contributed by atoms with Gasteiger partial charge in [-0.1, -0.05) is 13.3 Å². The van der Waals surface area contributed by atoms with Crippen molar-refractivity contribution in [2.45, 2.75) is 44.7 Å². The molecule has 0 radical (unpaired) electrons. The highest BCUT2D eigenvalue weighted by Gasteiger charge is 2.29. The summed E-state index contributed by atoms with van der Waals surface area (Å²) < 4.78 is 0. The molecule has 0 heterocycles. The Morgan fingerprint density at radius 2 is 2.10 bits per heavy atom. The first-order chi connectivity index (χ1) is 4.74. The van der Waals surface area contributed by atoms with E-state index >= 15 is 0 Å². The van der Waals surface area contributed by atoms with Crippen LogP contribution < -0.4 is 11.5 Å². The lowest BCUT2D eigenvalue weighted by Gasteiger charge is -2.36. The van der Waals surface area contributed by atoms with Crippen molar-refractivity contribution in [3.8, 4) is 0 Å². The molecular formula is C8H18N2. The molecule has 2 nitrogen and oxygen atoms in total. The molecule has 1 aliphatic rings. The van der Waals surface area contributed by atoms with Gasteiger partial charge in [0.15, 0.2) is 0 Å². The Balaban J connectivity index is 2.11. The second-order valence-electron chi connectivity index (χ2n) is 3.44. The van der Waals surface area contributed by atoms with Crippen molar-refractivity contribution < 1.29 is 0 Å². The smallest absolute Gasteiger partial charge is 0.00682 e. The summed E-state index contributed by atoms with van der Waals surface area (Å²) in [5.74, 6) is 0.731. The Hall–Kier alpha value is -0.0800. The lowest BCUT2D eigenvalue weighted by atomic mass is 9.75. The van der Waals surface area contributed by atoms with Crippen LogP contribution in [0.25, 0.3) is 0 Å². The van der Waals surface area contributed by atoms with Crippen molar-refractivity contribution in [3.05, 3.63) is 0 Å². The minimum atomic E-state index is 0.421. The quantitative estimate of drug-likeness (QED) is 0.614.